The zero-order valence-corrected chi connectivity index (χ0v) is 14.3. The molecule has 2 N–H and O–H groups in total. The second-order valence-corrected chi connectivity index (χ2v) is 7.17. The fourth-order valence-electron chi connectivity index (χ4n) is 2.04. The first-order valence-electron chi connectivity index (χ1n) is 6.73. The first-order chi connectivity index (χ1) is 11.9. The van der Waals surface area contributed by atoms with Crippen LogP contribution in [0.1, 0.15) is 11.1 Å². The number of benzene rings is 2. The van der Waals surface area contributed by atoms with E-state index in [2.05, 4.69) is 0 Å². The molecule has 2 rings (SSSR count). The number of nitro groups is 1. The smallest absolute Gasteiger partial charge is 0.416 e. The lowest BCUT2D eigenvalue weighted by Gasteiger charge is -2.12. The molecule has 0 heterocycles. The van der Waals surface area contributed by atoms with Crippen LogP contribution < -0.4 is 4.74 Å². The van der Waals surface area contributed by atoms with E-state index in [4.69, 9.17) is 26.1 Å². The van der Waals surface area contributed by atoms with Gasteiger partial charge in [0.15, 0.2) is 0 Å². The Morgan fingerprint density at radius 2 is 1.85 bits per heavy atom. The average molecular weight is 412 g/mol. The van der Waals surface area contributed by atoms with Gasteiger partial charge in [-0.1, -0.05) is 11.6 Å². The summed E-state index contributed by atoms with van der Waals surface area (Å²) in [6.45, 7) is 0. The Hall–Kier alpha value is -2.13. The highest BCUT2D eigenvalue weighted by molar-refractivity contribution is 7.50. The van der Waals surface area contributed by atoms with E-state index in [9.17, 15) is 27.9 Å². The quantitative estimate of drug-likeness (QED) is 0.418. The van der Waals surface area contributed by atoms with Crippen molar-refractivity contribution in [3.05, 3.63) is 62.7 Å². The fourth-order valence-corrected chi connectivity index (χ4v) is 2.96. The maximum absolute atomic E-state index is 12.6. The van der Waals surface area contributed by atoms with Gasteiger partial charge in [0.25, 0.3) is 5.69 Å². The van der Waals surface area contributed by atoms with Crippen LogP contribution in [0.3, 0.4) is 0 Å². The molecular formula is C14H10ClF3NO6P. The second-order valence-electron chi connectivity index (χ2n) is 5.12. The van der Waals surface area contributed by atoms with Crippen LogP contribution >= 0.6 is 19.2 Å². The largest absolute Gasteiger partial charge is 0.456 e. The summed E-state index contributed by atoms with van der Waals surface area (Å²) in [5, 5.41) is 10.6. The number of halogens is 4. The first-order valence-corrected chi connectivity index (χ1v) is 8.91. The highest BCUT2D eigenvalue weighted by atomic mass is 35.5. The SMILES string of the molecule is O=[N+]([O-])c1ccc(Oc2ccc(C(F)(F)F)cc2Cl)cc1CP(=O)(O)O. The van der Waals surface area contributed by atoms with Crippen molar-refractivity contribution in [1.29, 1.82) is 0 Å². The molecule has 2 aromatic carbocycles. The maximum Gasteiger partial charge on any atom is 0.416 e. The lowest BCUT2D eigenvalue weighted by atomic mass is 10.2. The van der Waals surface area contributed by atoms with Gasteiger partial charge in [-0.15, -0.1) is 0 Å². The average Bonchev–Trinajstić information content (AvgIpc) is 2.46. The molecule has 0 amide bonds. The lowest BCUT2D eigenvalue weighted by molar-refractivity contribution is -0.385. The summed E-state index contributed by atoms with van der Waals surface area (Å²) in [6, 6.07) is 5.48. The van der Waals surface area contributed by atoms with Gasteiger partial charge in [0.05, 0.1) is 21.7 Å². The van der Waals surface area contributed by atoms with Crippen LogP contribution in [0.25, 0.3) is 0 Å². The van der Waals surface area contributed by atoms with Gasteiger partial charge >= 0.3 is 13.8 Å². The van der Waals surface area contributed by atoms with Crippen LogP contribution in [-0.2, 0) is 16.9 Å². The van der Waals surface area contributed by atoms with Gasteiger partial charge in [-0.3, -0.25) is 14.7 Å². The summed E-state index contributed by atoms with van der Waals surface area (Å²) in [5.41, 5.74) is -1.80. The summed E-state index contributed by atoms with van der Waals surface area (Å²) >= 11 is 5.76. The van der Waals surface area contributed by atoms with Crippen LogP contribution in [0.5, 0.6) is 11.5 Å². The Kier molecular flexibility index (Phi) is 5.62. The van der Waals surface area contributed by atoms with Gasteiger partial charge in [0, 0.05) is 11.6 Å². The van der Waals surface area contributed by atoms with Crippen molar-refractivity contribution in [2.45, 2.75) is 12.3 Å². The minimum Gasteiger partial charge on any atom is -0.456 e. The number of ether oxygens (including phenoxy) is 1. The van der Waals surface area contributed by atoms with Crippen LogP contribution in [0.4, 0.5) is 18.9 Å². The Labute approximate surface area is 149 Å². The number of hydrogen-bond acceptors (Lipinski definition) is 4. The molecule has 12 heteroatoms. The third-order valence-electron chi connectivity index (χ3n) is 3.11. The topological polar surface area (TPSA) is 110 Å². The van der Waals surface area contributed by atoms with E-state index < -0.39 is 36.1 Å². The minimum atomic E-state index is -4.60. The monoisotopic (exact) mass is 411 g/mol. The Morgan fingerprint density at radius 1 is 1.19 bits per heavy atom. The third-order valence-corrected chi connectivity index (χ3v) is 4.16. The fraction of sp³-hybridized carbons (Fsp3) is 0.143. The third kappa shape index (κ3) is 5.18. The Balaban J connectivity index is 2.37. The molecule has 0 aliphatic rings. The van der Waals surface area contributed by atoms with Crippen LogP contribution in [0.15, 0.2) is 36.4 Å². The van der Waals surface area contributed by atoms with Crippen molar-refractivity contribution in [1.82, 2.24) is 0 Å². The predicted octanol–water partition coefficient (Wildman–Crippen LogP) is 4.74. The van der Waals surface area contributed by atoms with Crippen molar-refractivity contribution >= 4 is 24.9 Å². The molecule has 7 nitrogen and oxygen atoms in total. The van der Waals surface area contributed by atoms with E-state index in [0.29, 0.717) is 6.07 Å². The summed E-state index contributed by atoms with van der Waals surface area (Å²) in [5.74, 6) is -0.239. The van der Waals surface area contributed by atoms with Gasteiger partial charge in [-0.05, 0) is 30.3 Å². The summed E-state index contributed by atoms with van der Waals surface area (Å²) in [4.78, 5) is 28.2. The number of nitro benzene ring substituents is 1. The number of hydrogen-bond donors (Lipinski definition) is 2. The van der Waals surface area contributed by atoms with E-state index in [-0.39, 0.29) is 22.1 Å². The predicted molar refractivity (Wildman–Crippen MR) is 85.4 cm³/mol. The Bertz CT molecular complexity index is 899. The minimum absolute atomic E-state index is 0.0827. The molecule has 0 aliphatic heterocycles. The molecule has 0 radical (unpaired) electrons. The molecule has 0 fully saturated rings. The second kappa shape index (κ2) is 7.24. The molecule has 0 aromatic heterocycles. The normalized spacial score (nSPS) is 12.1. The molecule has 0 bridgehead atoms. The van der Waals surface area contributed by atoms with Gasteiger partial charge in [0.1, 0.15) is 11.5 Å². The zero-order valence-electron chi connectivity index (χ0n) is 12.6. The van der Waals surface area contributed by atoms with Crippen molar-refractivity contribution in [2.75, 3.05) is 0 Å². The van der Waals surface area contributed by atoms with E-state index >= 15 is 0 Å². The van der Waals surface area contributed by atoms with Crippen molar-refractivity contribution in [3.63, 3.8) is 0 Å². The van der Waals surface area contributed by atoms with Crippen molar-refractivity contribution in [2.24, 2.45) is 0 Å². The number of alkyl halides is 3. The first kappa shape index (κ1) is 20.2. The highest BCUT2D eigenvalue weighted by Gasteiger charge is 2.31. The van der Waals surface area contributed by atoms with Crippen molar-refractivity contribution in [3.8, 4) is 11.5 Å². The maximum atomic E-state index is 12.6. The molecular weight excluding hydrogens is 402 g/mol. The Morgan fingerprint density at radius 3 is 2.35 bits per heavy atom. The molecule has 0 saturated heterocycles. The van der Waals surface area contributed by atoms with Gasteiger partial charge < -0.3 is 14.5 Å². The van der Waals surface area contributed by atoms with Gasteiger partial charge in [-0.25, -0.2) is 0 Å². The van der Waals surface area contributed by atoms with E-state index in [0.717, 1.165) is 30.3 Å². The summed E-state index contributed by atoms with van der Waals surface area (Å²) in [7, 11) is -4.60. The van der Waals surface area contributed by atoms with E-state index in [1.807, 2.05) is 0 Å². The summed E-state index contributed by atoms with van der Waals surface area (Å²) in [6.07, 6.45) is -5.49. The molecule has 0 spiro atoms. The lowest BCUT2D eigenvalue weighted by Crippen LogP contribution is -2.04. The standard InChI is InChI=1S/C14H10ClF3NO6P/c15-11-6-9(14(16,17)18)1-4-13(11)25-10-2-3-12(19(20)21)8(5-10)7-26(22,23)24/h1-6H,7H2,(H2,22,23,24). The molecule has 0 atom stereocenters. The molecule has 0 unspecified atom stereocenters. The van der Waals surface area contributed by atoms with Gasteiger partial charge in [-0.2, -0.15) is 13.2 Å². The molecule has 26 heavy (non-hydrogen) atoms. The van der Waals surface area contributed by atoms with Crippen LogP contribution in [-0.4, -0.2) is 14.7 Å². The zero-order chi connectivity index (χ0) is 19.7. The molecule has 140 valence electrons. The van der Waals surface area contributed by atoms with Crippen molar-refractivity contribution < 1.29 is 37.2 Å². The summed E-state index contributed by atoms with van der Waals surface area (Å²) < 4.78 is 54.3. The molecule has 0 saturated carbocycles. The van der Waals surface area contributed by atoms with E-state index in [1.165, 1.54) is 0 Å². The van der Waals surface area contributed by atoms with Crippen LogP contribution in [0, 0.1) is 10.1 Å². The van der Waals surface area contributed by atoms with E-state index in [1.54, 1.807) is 0 Å². The van der Waals surface area contributed by atoms with Crippen LogP contribution in [0.2, 0.25) is 5.02 Å². The molecule has 2 aromatic rings. The highest BCUT2D eigenvalue weighted by Crippen LogP contribution is 2.43. The number of nitrogens with zero attached hydrogens (tertiary/aromatic N) is 1. The number of rotatable bonds is 5. The van der Waals surface area contributed by atoms with Gasteiger partial charge in [0.2, 0.25) is 0 Å². The molecule has 0 aliphatic carbocycles.